The number of hydrogen-bond acceptors (Lipinski definition) is 1. The Morgan fingerprint density at radius 3 is 2.72 bits per heavy atom. The van der Waals surface area contributed by atoms with Gasteiger partial charge < -0.3 is 4.57 Å². The highest BCUT2D eigenvalue weighted by atomic mass is 79.9. The number of nitrogens with zero attached hydrogens (tertiary/aromatic N) is 2. The molecule has 0 spiro atoms. The highest BCUT2D eigenvalue weighted by Gasteiger charge is 2.11. The Morgan fingerprint density at radius 2 is 1.94 bits per heavy atom. The number of imidazole rings is 1. The fourth-order valence-corrected chi connectivity index (χ4v) is 2.47. The first-order valence-electron chi connectivity index (χ1n) is 5.86. The van der Waals surface area contributed by atoms with Gasteiger partial charge in [0.05, 0.1) is 17.1 Å². The monoisotopic (exact) mass is 299 g/mol. The van der Waals surface area contributed by atoms with Crippen molar-refractivity contribution in [2.24, 2.45) is 0 Å². The molecule has 18 heavy (non-hydrogen) atoms. The lowest BCUT2D eigenvalue weighted by atomic mass is 10.1. The molecule has 1 atom stereocenters. The van der Waals surface area contributed by atoms with Crippen LogP contribution < -0.4 is 0 Å². The van der Waals surface area contributed by atoms with Crippen LogP contribution >= 0.6 is 15.9 Å². The smallest absolute Gasteiger partial charge is 0.178 e. The van der Waals surface area contributed by atoms with E-state index in [1.807, 2.05) is 18.2 Å². The Bertz CT molecular complexity index is 673. The van der Waals surface area contributed by atoms with E-state index in [4.69, 9.17) is 0 Å². The number of hydrogen-bond donors (Lipinski definition) is 0. The molecule has 0 saturated carbocycles. The van der Waals surface area contributed by atoms with E-state index >= 15 is 0 Å². The molecule has 1 unspecified atom stereocenters. The zero-order chi connectivity index (χ0) is 12.5. The Hall–Kier alpha value is -1.61. The van der Waals surface area contributed by atoms with Gasteiger partial charge in [-0.1, -0.05) is 46.3 Å². The molecule has 1 heterocycles. The van der Waals surface area contributed by atoms with E-state index in [1.165, 1.54) is 5.56 Å². The average Bonchev–Trinajstić information content (AvgIpc) is 2.82. The summed E-state index contributed by atoms with van der Waals surface area (Å²) < 4.78 is 3.14. The van der Waals surface area contributed by atoms with E-state index in [0.29, 0.717) is 0 Å². The highest BCUT2D eigenvalue weighted by molar-refractivity contribution is 9.10. The SMILES string of the molecule is CC(c1ccccc1)n1[c]nc2ccc(Br)cc21. The minimum atomic E-state index is 0.227. The molecule has 0 aliphatic rings. The molecule has 2 nitrogen and oxygen atoms in total. The van der Waals surface area contributed by atoms with Crippen molar-refractivity contribution in [2.75, 3.05) is 0 Å². The van der Waals surface area contributed by atoms with Crippen LogP contribution in [0.3, 0.4) is 0 Å². The molecule has 3 heteroatoms. The molecule has 2 aromatic carbocycles. The van der Waals surface area contributed by atoms with E-state index < -0.39 is 0 Å². The Kier molecular flexibility index (Phi) is 2.92. The molecular weight excluding hydrogens is 288 g/mol. The zero-order valence-corrected chi connectivity index (χ0v) is 11.6. The van der Waals surface area contributed by atoms with Gasteiger partial charge in [-0.05, 0) is 30.7 Å². The van der Waals surface area contributed by atoms with E-state index in [9.17, 15) is 0 Å². The van der Waals surface area contributed by atoms with Crippen molar-refractivity contribution < 1.29 is 0 Å². The summed E-state index contributed by atoms with van der Waals surface area (Å²) in [5.41, 5.74) is 3.33. The predicted octanol–water partition coefficient (Wildman–Crippen LogP) is 4.21. The Labute approximate surface area is 114 Å². The molecule has 0 aliphatic carbocycles. The molecule has 1 aromatic heterocycles. The first kappa shape index (κ1) is 11.5. The molecule has 0 saturated heterocycles. The summed E-state index contributed by atoms with van der Waals surface area (Å²) in [6.45, 7) is 2.16. The molecule has 0 aliphatic heterocycles. The minimum Gasteiger partial charge on any atom is -0.314 e. The number of aromatic nitrogens is 2. The van der Waals surface area contributed by atoms with Crippen molar-refractivity contribution >= 4 is 27.0 Å². The summed E-state index contributed by atoms with van der Waals surface area (Å²) in [6, 6.07) is 16.7. The van der Waals surface area contributed by atoms with Crippen molar-refractivity contribution in [1.29, 1.82) is 0 Å². The van der Waals surface area contributed by atoms with Crippen molar-refractivity contribution in [3.63, 3.8) is 0 Å². The summed E-state index contributed by atoms with van der Waals surface area (Å²) >= 11 is 3.50. The summed E-state index contributed by atoms with van der Waals surface area (Å²) in [5, 5.41) is 0. The van der Waals surface area contributed by atoms with Crippen LogP contribution in [0, 0.1) is 6.33 Å². The maximum Gasteiger partial charge on any atom is 0.178 e. The summed E-state index contributed by atoms with van der Waals surface area (Å²) in [7, 11) is 0. The first-order chi connectivity index (χ1) is 8.75. The number of halogens is 1. The lowest BCUT2D eigenvalue weighted by molar-refractivity contribution is 0.653. The van der Waals surface area contributed by atoms with Gasteiger partial charge in [-0.25, -0.2) is 4.98 Å². The largest absolute Gasteiger partial charge is 0.314 e. The lowest BCUT2D eigenvalue weighted by Crippen LogP contribution is -2.05. The van der Waals surface area contributed by atoms with E-state index in [0.717, 1.165) is 15.5 Å². The van der Waals surface area contributed by atoms with Gasteiger partial charge in [0.25, 0.3) is 0 Å². The first-order valence-corrected chi connectivity index (χ1v) is 6.65. The number of rotatable bonds is 2. The normalized spacial score (nSPS) is 12.8. The van der Waals surface area contributed by atoms with Crippen LogP contribution in [0.1, 0.15) is 18.5 Å². The topological polar surface area (TPSA) is 17.8 Å². The van der Waals surface area contributed by atoms with Crippen LogP contribution in [0.4, 0.5) is 0 Å². The second kappa shape index (κ2) is 4.58. The van der Waals surface area contributed by atoms with E-state index in [1.54, 1.807) is 0 Å². The van der Waals surface area contributed by atoms with Gasteiger partial charge in [0.2, 0.25) is 0 Å². The van der Waals surface area contributed by atoms with E-state index in [2.05, 4.69) is 69.1 Å². The third-order valence-electron chi connectivity index (χ3n) is 3.14. The molecule has 3 rings (SSSR count). The van der Waals surface area contributed by atoms with Crippen LogP contribution in [0.15, 0.2) is 53.0 Å². The lowest BCUT2D eigenvalue weighted by Gasteiger charge is -2.14. The summed E-state index contributed by atoms with van der Waals surface area (Å²) in [5.74, 6) is 0. The van der Waals surface area contributed by atoms with Gasteiger partial charge in [-0.2, -0.15) is 0 Å². The van der Waals surface area contributed by atoms with Crippen molar-refractivity contribution in [3.8, 4) is 0 Å². The molecule has 3 aromatic rings. The predicted molar refractivity (Wildman–Crippen MR) is 76.5 cm³/mol. The van der Waals surface area contributed by atoms with Crippen molar-refractivity contribution in [3.05, 3.63) is 64.9 Å². The zero-order valence-electron chi connectivity index (χ0n) is 9.97. The molecule has 89 valence electrons. The second-order valence-corrected chi connectivity index (χ2v) is 5.22. The summed E-state index contributed by atoms with van der Waals surface area (Å²) in [4.78, 5) is 4.32. The molecular formula is C15H12BrN2. The maximum absolute atomic E-state index is 4.32. The molecule has 0 amide bonds. The van der Waals surface area contributed by atoms with E-state index in [-0.39, 0.29) is 6.04 Å². The van der Waals surface area contributed by atoms with Crippen molar-refractivity contribution in [1.82, 2.24) is 9.55 Å². The fourth-order valence-electron chi connectivity index (χ4n) is 2.12. The number of benzene rings is 2. The molecule has 0 bridgehead atoms. The average molecular weight is 300 g/mol. The molecule has 0 N–H and O–H groups in total. The molecule has 1 radical (unpaired) electrons. The maximum atomic E-state index is 4.32. The Morgan fingerprint density at radius 1 is 1.17 bits per heavy atom. The van der Waals surface area contributed by atoms with Crippen molar-refractivity contribution in [2.45, 2.75) is 13.0 Å². The van der Waals surface area contributed by atoms with Gasteiger partial charge in [0, 0.05) is 4.47 Å². The minimum absolute atomic E-state index is 0.227. The standard InChI is InChI=1S/C15H12BrN2/c1-11(12-5-3-2-4-6-12)18-10-17-14-8-7-13(16)9-15(14)18/h2-9,11H,1H3. The Balaban J connectivity index is 2.12. The van der Waals surface area contributed by atoms with Gasteiger partial charge >= 0.3 is 0 Å². The van der Waals surface area contributed by atoms with Crippen LogP contribution in [0.25, 0.3) is 11.0 Å². The van der Waals surface area contributed by atoms with Gasteiger partial charge in [-0.15, -0.1) is 0 Å². The third-order valence-corrected chi connectivity index (χ3v) is 3.64. The second-order valence-electron chi connectivity index (χ2n) is 4.30. The quantitative estimate of drug-likeness (QED) is 0.693. The van der Waals surface area contributed by atoms with Crippen LogP contribution in [-0.4, -0.2) is 9.55 Å². The third kappa shape index (κ3) is 1.95. The van der Waals surface area contributed by atoms with Crippen LogP contribution in [0.2, 0.25) is 0 Å². The summed E-state index contributed by atoms with van der Waals surface area (Å²) in [6.07, 6.45) is 3.09. The van der Waals surface area contributed by atoms with Crippen LogP contribution in [0.5, 0.6) is 0 Å². The number of fused-ring (bicyclic) bond motifs is 1. The fraction of sp³-hybridized carbons (Fsp3) is 0.133. The molecule has 0 fully saturated rings. The highest BCUT2D eigenvalue weighted by Crippen LogP contribution is 2.25. The van der Waals surface area contributed by atoms with Crippen LogP contribution in [-0.2, 0) is 0 Å². The van der Waals surface area contributed by atoms with Gasteiger partial charge in [0.1, 0.15) is 0 Å². The van der Waals surface area contributed by atoms with Gasteiger partial charge in [-0.3, -0.25) is 0 Å². The van der Waals surface area contributed by atoms with Gasteiger partial charge in [0.15, 0.2) is 6.33 Å².